The number of allylic oxidation sites excluding steroid dienone is 1. The summed E-state index contributed by atoms with van der Waals surface area (Å²) < 4.78 is 38.1. The van der Waals surface area contributed by atoms with Gasteiger partial charge in [0.25, 0.3) is 0 Å². The van der Waals surface area contributed by atoms with Gasteiger partial charge in [0.2, 0.25) is 0 Å². The molecule has 1 N–H and O–H groups in total. The van der Waals surface area contributed by atoms with Crippen LogP contribution in [-0.4, -0.2) is 6.54 Å². The molecule has 1 rings (SSSR count). The van der Waals surface area contributed by atoms with Crippen molar-refractivity contribution in [2.24, 2.45) is 0 Å². The van der Waals surface area contributed by atoms with E-state index in [0.717, 1.165) is 31.9 Å². The second-order valence-electron chi connectivity index (χ2n) is 4.50. The van der Waals surface area contributed by atoms with Crippen LogP contribution in [0, 0.1) is 0 Å². The summed E-state index contributed by atoms with van der Waals surface area (Å²) in [5.74, 6) is 0. The summed E-state index contributed by atoms with van der Waals surface area (Å²) in [6.07, 6.45) is -0.0238. The van der Waals surface area contributed by atoms with Crippen LogP contribution < -0.4 is 5.32 Å². The number of hydrogen-bond acceptors (Lipinski definition) is 1. The number of alkyl halides is 3. The van der Waals surface area contributed by atoms with E-state index in [9.17, 15) is 13.2 Å². The zero-order valence-electron chi connectivity index (χ0n) is 11.1. The summed E-state index contributed by atoms with van der Waals surface area (Å²) in [6, 6.07) is 5.49. The van der Waals surface area contributed by atoms with E-state index >= 15 is 0 Å². The molecule has 19 heavy (non-hydrogen) atoms. The molecule has 0 aromatic heterocycles. The molecule has 1 aromatic carbocycles. The third-order valence-corrected chi connectivity index (χ3v) is 2.92. The van der Waals surface area contributed by atoms with E-state index in [1.807, 2.05) is 6.92 Å². The van der Waals surface area contributed by atoms with Gasteiger partial charge in [0.05, 0.1) is 5.56 Å². The fraction of sp³-hybridized carbons (Fsp3) is 0.467. The predicted molar refractivity (Wildman–Crippen MR) is 71.9 cm³/mol. The van der Waals surface area contributed by atoms with Crippen LogP contribution in [0.3, 0.4) is 0 Å². The predicted octanol–water partition coefficient (Wildman–Crippen LogP) is 4.71. The fourth-order valence-corrected chi connectivity index (χ4v) is 1.92. The molecule has 1 aromatic rings. The molecule has 0 spiro atoms. The van der Waals surface area contributed by atoms with Gasteiger partial charge in [-0.25, -0.2) is 0 Å². The highest BCUT2D eigenvalue weighted by Gasteiger charge is 2.30. The normalized spacial score (nSPS) is 13.3. The maximum atomic E-state index is 12.7. The number of halogens is 3. The van der Waals surface area contributed by atoms with E-state index < -0.39 is 11.7 Å². The van der Waals surface area contributed by atoms with Crippen molar-refractivity contribution in [3.8, 4) is 0 Å². The molecule has 0 fully saturated rings. The number of rotatable bonds is 7. The molecule has 0 aliphatic rings. The Labute approximate surface area is 112 Å². The van der Waals surface area contributed by atoms with Crippen LogP contribution in [-0.2, 0) is 6.18 Å². The first-order valence-corrected chi connectivity index (χ1v) is 6.50. The number of benzene rings is 1. The summed E-state index contributed by atoms with van der Waals surface area (Å²) in [5.41, 5.74) is 0.0945. The Morgan fingerprint density at radius 3 is 2.68 bits per heavy atom. The molecular formula is C15H20F3N. The van der Waals surface area contributed by atoms with Gasteiger partial charge in [-0.05, 0) is 43.5 Å². The highest BCUT2D eigenvalue weighted by Crippen LogP contribution is 2.31. The molecule has 0 aliphatic carbocycles. The van der Waals surface area contributed by atoms with E-state index in [4.69, 9.17) is 0 Å². The van der Waals surface area contributed by atoms with Gasteiger partial charge >= 0.3 is 6.18 Å². The second kappa shape index (κ2) is 7.34. The Morgan fingerprint density at radius 1 is 1.37 bits per heavy atom. The SMILES string of the molecule is C=CCCC(NCCC)c1cccc(C(F)(F)F)c1. The highest BCUT2D eigenvalue weighted by atomic mass is 19.4. The van der Waals surface area contributed by atoms with Crippen molar-refractivity contribution in [3.05, 3.63) is 48.0 Å². The van der Waals surface area contributed by atoms with Crippen LogP contribution in [0.15, 0.2) is 36.9 Å². The van der Waals surface area contributed by atoms with Gasteiger partial charge in [-0.1, -0.05) is 25.1 Å². The number of nitrogens with one attached hydrogen (secondary N) is 1. The molecule has 0 saturated heterocycles. The fourth-order valence-electron chi connectivity index (χ4n) is 1.92. The van der Waals surface area contributed by atoms with Crippen LogP contribution in [0.1, 0.15) is 43.4 Å². The summed E-state index contributed by atoms with van der Waals surface area (Å²) in [7, 11) is 0. The summed E-state index contributed by atoms with van der Waals surface area (Å²) in [5, 5.41) is 3.28. The smallest absolute Gasteiger partial charge is 0.310 e. The van der Waals surface area contributed by atoms with E-state index in [1.54, 1.807) is 12.1 Å². The minimum atomic E-state index is -4.29. The molecule has 1 atom stereocenters. The zero-order valence-corrected chi connectivity index (χ0v) is 11.1. The Kier molecular flexibility index (Phi) is 6.09. The zero-order chi connectivity index (χ0) is 14.3. The maximum absolute atomic E-state index is 12.7. The van der Waals surface area contributed by atoms with Crippen molar-refractivity contribution in [1.82, 2.24) is 5.32 Å². The van der Waals surface area contributed by atoms with Crippen LogP contribution in [0.4, 0.5) is 13.2 Å². The van der Waals surface area contributed by atoms with E-state index in [2.05, 4.69) is 11.9 Å². The second-order valence-corrected chi connectivity index (χ2v) is 4.50. The van der Waals surface area contributed by atoms with Crippen molar-refractivity contribution in [2.45, 2.75) is 38.4 Å². The monoisotopic (exact) mass is 271 g/mol. The van der Waals surface area contributed by atoms with Crippen molar-refractivity contribution in [2.75, 3.05) is 6.54 Å². The van der Waals surface area contributed by atoms with Gasteiger partial charge < -0.3 is 5.32 Å². The first kappa shape index (κ1) is 15.8. The standard InChI is InChI=1S/C15H20F3N/c1-3-5-9-14(19-10-4-2)12-7-6-8-13(11-12)15(16,17)18/h3,6-8,11,14,19H,1,4-5,9-10H2,2H3. The van der Waals surface area contributed by atoms with Gasteiger partial charge in [-0.15, -0.1) is 6.58 Å². The van der Waals surface area contributed by atoms with Gasteiger partial charge in [0.15, 0.2) is 0 Å². The van der Waals surface area contributed by atoms with E-state index in [-0.39, 0.29) is 6.04 Å². The molecule has 0 bridgehead atoms. The van der Waals surface area contributed by atoms with Gasteiger partial charge in [-0.2, -0.15) is 13.2 Å². The van der Waals surface area contributed by atoms with Crippen LogP contribution in [0.5, 0.6) is 0 Å². The van der Waals surface area contributed by atoms with E-state index in [0.29, 0.717) is 5.56 Å². The molecule has 0 saturated carbocycles. The Balaban J connectivity index is 2.90. The Hall–Kier alpha value is -1.29. The van der Waals surface area contributed by atoms with Gasteiger partial charge in [0.1, 0.15) is 0 Å². The summed E-state index contributed by atoms with van der Waals surface area (Å²) in [6.45, 7) is 6.48. The lowest BCUT2D eigenvalue weighted by Crippen LogP contribution is -2.22. The summed E-state index contributed by atoms with van der Waals surface area (Å²) >= 11 is 0. The molecule has 4 heteroatoms. The van der Waals surface area contributed by atoms with Crippen LogP contribution >= 0.6 is 0 Å². The maximum Gasteiger partial charge on any atom is 0.416 e. The molecule has 0 aliphatic heterocycles. The van der Waals surface area contributed by atoms with Crippen molar-refractivity contribution in [1.29, 1.82) is 0 Å². The van der Waals surface area contributed by atoms with Gasteiger partial charge in [-0.3, -0.25) is 0 Å². The molecule has 1 unspecified atom stereocenters. The molecule has 0 amide bonds. The molecule has 0 radical (unpaired) electrons. The lowest BCUT2D eigenvalue weighted by atomic mass is 9.99. The Bertz CT molecular complexity index is 399. The first-order chi connectivity index (χ1) is 8.99. The van der Waals surface area contributed by atoms with Crippen molar-refractivity contribution < 1.29 is 13.2 Å². The minimum Gasteiger partial charge on any atom is -0.310 e. The van der Waals surface area contributed by atoms with Crippen LogP contribution in [0.25, 0.3) is 0 Å². The molecule has 106 valence electrons. The topological polar surface area (TPSA) is 12.0 Å². The van der Waals surface area contributed by atoms with Gasteiger partial charge in [0, 0.05) is 6.04 Å². The Morgan fingerprint density at radius 2 is 2.11 bits per heavy atom. The number of hydrogen-bond donors (Lipinski definition) is 1. The van der Waals surface area contributed by atoms with Crippen LogP contribution in [0.2, 0.25) is 0 Å². The molecular weight excluding hydrogens is 251 g/mol. The summed E-state index contributed by atoms with van der Waals surface area (Å²) in [4.78, 5) is 0. The molecule has 0 heterocycles. The average Bonchev–Trinajstić information content (AvgIpc) is 2.38. The van der Waals surface area contributed by atoms with Crippen molar-refractivity contribution >= 4 is 0 Å². The third-order valence-electron chi connectivity index (χ3n) is 2.92. The molecule has 1 nitrogen and oxygen atoms in total. The lowest BCUT2D eigenvalue weighted by Gasteiger charge is -2.19. The first-order valence-electron chi connectivity index (χ1n) is 6.50. The highest BCUT2D eigenvalue weighted by molar-refractivity contribution is 5.28. The largest absolute Gasteiger partial charge is 0.416 e. The minimum absolute atomic E-state index is 0.0553. The van der Waals surface area contributed by atoms with E-state index in [1.165, 1.54) is 12.1 Å². The average molecular weight is 271 g/mol. The van der Waals surface area contributed by atoms with Crippen molar-refractivity contribution in [3.63, 3.8) is 0 Å². The lowest BCUT2D eigenvalue weighted by molar-refractivity contribution is -0.137. The quantitative estimate of drug-likeness (QED) is 0.708. The third kappa shape index (κ3) is 5.07.